The molecule has 0 rings (SSSR count). The van der Waals surface area contributed by atoms with E-state index in [0.29, 0.717) is 5.92 Å². The largest absolute Gasteiger partial charge is 0.404 e. The molecule has 0 unspecified atom stereocenters. The average molecular weight is 154 g/mol. The van der Waals surface area contributed by atoms with E-state index in [4.69, 9.17) is 5.73 Å². The highest BCUT2D eigenvalue weighted by Crippen LogP contribution is 2.06. The predicted octanol–water partition coefficient (Wildman–Crippen LogP) is 1.97. The fourth-order valence-electron chi connectivity index (χ4n) is 0.844. The monoisotopic (exact) mass is 154 g/mol. The van der Waals surface area contributed by atoms with Crippen LogP contribution in [0.4, 0.5) is 0 Å². The molecule has 0 aromatic rings. The summed E-state index contributed by atoms with van der Waals surface area (Å²) in [7, 11) is 0. The van der Waals surface area contributed by atoms with Gasteiger partial charge in [-0.3, -0.25) is 4.99 Å². The SMILES string of the molecule is CCN=C/C(=C\N)CC(C)C. The van der Waals surface area contributed by atoms with Crippen LogP contribution in [0.3, 0.4) is 0 Å². The van der Waals surface area contributed by atoms with Crippen LogP contribution in [0.5, 0.6) is 0 Å². The highest BCUT2D eigenvalue weighted by molar-refractivity contribution is 5.78. The molecule has 0 aliphatic heterocycles. The fourth-order valence-corrected chi connectivity index (χ4v) is 0.844. The average Bonchev–Trinajstić information content (AvgIpc) is 1.97. The second-order valence-corrected chi connectivity index (χ2v) is 2.97. The topological polar surface area (TPSA) is 38.4 Å². The van der Waals surface area contributed by atoms with Gasteiger partial charge in [0.25, 0.3) is 0 Å². The van der Waals surface area contributed by atoms with Crippen molar-refractivity contribution in [3.63, 3.8) is 0 Å². The zero-order chi connectivity index (χ0) is 8.69. The third-order valence-corrected chi connectivity index (χ3v) is 1.30. The fraction of sp³-hybridized carbons (Fsp3) is 0.667. The van der Waals surface area contributed by atoms with Gasteiger partial charge in [0, 0.05) is 12.8 Å². The molecule has 0 aromatic heterocycles. The van der Waals surface area contributed by atoms with E-state index in [1.54, 1.807) is 6.20 Å². The molecular weight excluding hydrogens is 136 g/mol. The molecular formula is C9H18N2. The molecule has 0 aliphatic carbocycles. The van der Waals surface area contributed by atoms with Crippen molar-refractivity contribution in [3.05, 3.63) is 11.8 Å². The Morgan fingerprint density at radius 3 is 2.55 bits per heavy atom. The van der Waals surface area contributed by atoms with Crippen LogP contribution in [-0.2, 0) is 0 Å². The molecule has 2 nitrogen and oxygen atoms in total. The number of nitrogens with two attached hydrogens (primary N) is 1. The number of hydrogen-bond acceptors (Lipinski definition) is 2. The molecule has 0 spiro atoms. The van der Waals surface area contributed by atoms with E-state index >= 15 is 0 Å². The molecule has 0 saturated carbocycles. The highest BCUT2D eigenvalue weighted by Gasteiger charge is 1.96. The molecule has 0 atom stereocenters. The Hall–Kier alpha value is -0.790. The minimum atomic E-state index is 0.646. The maximum Gasteiger partial charge on any atom is 0.0361 e. The molecule has 0 aliphatic rings. The van der Waals surface area contributed by atoms with Crippen LogP contribution in [0.15, 0.2) is 16.8 Å². The molecule has 0 bridgehead atoms. The lowest BCUT2D eigenvalue weighted by atomic mass is 10.1. The Labute approximate surface area is 69.2 Å². The summed E-state index contributed by atoms with van der Waals surface area (Å²) >= 11 is 0. The van der Waals surface area contributed by atoms with Crippen LogP contribution in [0.25, 0.3) is 0 Å². The first kappa shape index (κ1) is 10.2. The van der Waals surface area contributed by atoms with Crippen molar-refractivity contribution < 1.29 is 0 Å². The van der Waals surface area contributed by atoms with Crippen molar-refractivity contribution in [1.82, 2.24) is 0 Å². The van der Waals surface area contributed by atoms with Crippen molar-refractivity contribution in [3.8, 4) is 0 Å². The normalized spacial score (nSPS) is 13.3. The second kappa shape index (κ2) is 5.96. The molecule has 2 heteroatoms. The smallest absolute Gasteiger partial charge is 0.0361 e. The Kier molecular flexibility index (Phi) is 5.53. The number of hydrogen-bond donors (Lipinski definition) is 1. The van der Waals surface area contributed by atoms with Gasteiger partial charge in [0.15, 0.2) is 0 Å². The summed E-state index contributed by atoms with van der Waals surface area (Å²) in [4.78, 5) is 4.12. The molecule has 2 N–H and O–H groups in total. The van der Waals surface area contributed by atoms with Crippen LogP contribution in [0, 0.1) is 5.92 Å². The minimum absolute atomic E-state index is 0.646. The summed E-state index contributed by atoms with van der Waals surface area (Å²) in [6.45, 7) is 7.18. The van der Waals surface area contributed by atoms with Crippen molar-refractivity contribution in [2.45, 2.75) is 27.2 Å². The van der Waals surface area contributed by atoms with E-state index in [0.717, 1.165) is 18.5 Å². The van der Waals surface area contributed by atoms with E-state index < -0.39 is 0 Å². The van der Waals surface area contributed by atoms with Crippen molar-refractivity contribution in [2.24, 2.45) is 16.6 Å². The summed E-state index contributed by atoms with van der Waals surface area (Å²) in [5, 5.41) is 0. The third kappa shape index (κ3) is 5.64. The first-order valence-electron chi connectivity index (χ1n) is 4.11. The lowest BCUT2D eigenvalue weighted by molar-refractivity contribution is 0.654. The number of aliphatic imine (C=N–C) groups is 1. The molecule has 0 radical (unpaired) electrons. The van der Waals surface area contributed by atoms with Gasteiger partial charge in [-0.2, -0.15) is 0 Å². The summed E-state index contributed by atoms with van der Waals surface area (Å²) in [6.07, 6.45) is 4.51. The second-order valence-electron chi connectivity index (χ2n) is 2.97. The summed E-state index contributed by atoms with van der Waals surface area (Å²) in [5.74, 6) is 0.646. The molecule has 0 saturated heterocycles. The van der Waals surface area contributed by atoms with Crippen LogP contribution >= 0.6 is 0 Å². The Morgan fingerprint density at radius 2 is 2.18 bits per heavy atom. The maximum atomic E-state index is 5.41. The van der Waals surface area contributed by atoms with Gasteiger partial charge < -0.3 is 5.73 Å². The van der Waals surface area contributed by atoms with Gasteiger partial charge in [-0.1, -0.05) is 13.8 Å². The quantitative estimate of drug-likeness (QED) is 0.618. The third-order valence-electron chi connectivity index (χ3n) is 1.30. The molecule has 64 valence electrons. The van der Waals surface area contributed by atoms with Gasteiger partial charge in [0.05, 0.1) is 0 Å². The molecule has 0 aromatic carbocycles. The highest BCUT2D eigenvalue weighted by atomic mass is 14.7. The molecule has 0 amide bonds. The zero-order valence-corrected chi connectivity index (χ0v) is 7.67. The summed E-state index contributed by atoms with van der Waals surface area (Å²) < 4.78 is 0. The van der Waals surface area contributed by atoms with Gasteiger partial charge in [0.1, 0.15) is 0 Å². The van der Waals surface area contributed by atoms with Crippen molar-refractivity contribution in [2.75, 3.05) is 6.54 Å². The first-order valence-corrected chi connectivity index (χ1v) is 4.11. The van der Waals surface area contributed by atoms with E-state index in [2.05, 4.69) is 18.8 Å². The number of nitrogens with zero attached hydrogens (tertiary/aromatic N) is 1. The molecule has 0 fully saturated rings. The summed E-state index contributed by atoms with van der Waals surface area (Å²) in [5.41, 5.74) is 6.54. The van der Waals surface area contributed by atoms with Crippen molar-refractivity contribution >= 4 is 6.21 Å². The van der Waals surface area contributed by atoms with Gasteiger partial charge in [-0.25, -0.2) is 0 Å². The Morgan fingerprint density at radius 1 is 1.55 bits per heavy atom. The number of allylic oxidation sites excluding steroid dienone is 1. The van der Waals surface area contributed by atoms with Crippen LogP contribution in [0.2, 0.25) is 0 Å². The molecule has 11 heavy (non-hydrogen) atoms. The summed E-state index contributed by atoms with van der Waals surface area (Å²) in [6, 6.07) is 0. The lowest BCUT2D eigenvalue weighted by Crippen LogP contribution is -1.96. The van der Waals surface area contributed by atoms with Crippen LogP contribution in [0.1, 0.15) is 27.2 Å². The number of rotatable bonds is 4. The van der Waals surface area contributed by atoms with Gasteiger partial charge in [-0.15, -0.1) is 0 Å². The molecule has 0 heterocycles. The Bertz CT molecular complexity index is 146. The maximum absolute atomic E-state index is 5.41. The van der Waals surface area contributed by atoms with Gasteiger partial charge in [-0.05, 0) is 31.0 Å². The zero-order valence-electron chi connectivity index (χ0n) is 7.67. The Balaban J connectivity index is 3.88. The first-order chi connectivity index (χ1) is 5.20. The van der Waals surface area contributed by atoms with E-state index in [1.807, 2.05) is 13.1 Å². The van der Waals surface area contributed by atoms with Crippen molar-refractivity contribution in [1.29, 1.82) is 0 Å². The minimum Gasteiger partial charge on any atom is -0.404 e. The van der Waals surface area contributed by atoms with Gasteiger partial charge >= 0.3 is 0 Å². The lowest BCUT2D eigenvalue weighted by Gasteiger charge is -2.03. The van der Waals surface area contributed by atoms with E-state index in [9.17, 15) is 0 Å². The van der Waals surface area contributed by atoms with Gasteiger partial charge in [0.2, 0.25) is 0 Å². The van der Waals surface area contributed by atoms with Crippen LogP contribution < -0.4 is 5.73 Å². The standard InChI is InChI=1S/C9H18N2/c1-4-11-7-9(6-10)5-8(2)3/h6-8H,4-5,10H2,1-3H3/b9-6-,11-7?. The van der Waals surface area contributed by atoms with E-state index in [1.165, 1.54) is 0 Å². The van der Waals surface area contributed by atoms with E-state index in [-0.39, 0.29) is 0 Å². The predicted molar refractivity (Wildman–Crippen MR) is 50.8 cm³/mol. The van der Waals surface area contributed by atoms with Crippen LogP contribution in [-0.4, -0.2) is 12.8 Å².